The fourth-order valence-electron chi connectivity index (χ4n) is 3.48. The van der Waals surface area contributed by atoms with Gasteiger partial charge in [0.25, 0.3) is 5.91 Å². The van der Waals surface area contributed by atoms with Gasteiger partial charge in [-0.25, -0.2) is 5.43 Å². The minimum absolute atomic E-state index is 0.0679. The van der Waals surface area contributed by atoms with Crippen LogP contribution >= 0.6 is 15.9 Å². The van der Waals surface area contributed by atoms with E-state index in [-0.39, 0.29) is 11.7 Å². The molecule has 1 heterocycles. The number of ether oxygens (including phenoxy) is 1. The van der Waals surface area contributed by atoms with Gasteiger partial charge in [0.2, 0.25) is 0 Å². The highest BCUT2D eigenvalue weighted by Gasteiger charge is 2.20. The molecule has 0 bridgehead atoms. The highest BCUT2D eigenvalue weighted by molar-refractivity contribution is 9.10. The monoisotopic (exact) mass is 479 g/mol. The van der Waals surface area contributed by atoms with Crippen LogP contribution in [0.2, 0.25) is 0 Å². The van der Waals surface area contributed by atoms with Crippen molar-refractivity contribution in [3.63, 3.8) is 0 Å². The number of phenols is 1. The average molecular weight is 480 g/mol. The third-order valence-electron chi connectivity index (χ3n) is 5.05. The summed E-state index contributed by atoms with van der Waals surface area (Å²) in [7, 11) is 0. The van der Waals surface area contributed by atoms with Crippen LogP contribution in [-0.2, 0) is 13.1 Å². The summed E-state index contributed by atoms with van der Waals surface area (Å²) in [6.07, 6.45) is 1.52. The third kappa shape index (κ3) is 4.88. The molecule has 3 aromatic rings. The molecule has 31 heavy (non-hydrogen) atoms. The summed E-state index contributed by atoms with van der Waals surface area (Å²) in [6, 6.07) is 18.9. The number of carbonyl (C=O) groups is 1. The van der Waals surface area contributed by atoms with Crippen molar-refractivity contribution >= 4 is 33.7 Å². The van der Waals surface area contributed by atoms with Crippen molar-refractivity contribution in [2.45, 2.75) is 20.0 Å². The molecule has 0 fully saturated rings. The fraction of sp³-hybridized carbons (Fsp3) is 0.167. The van der Waals surface area contributed by atoms with Crippen molar-refractivity contribution in [2.24, 2.45) is 5.10 Å². The fourth-order valence-corrected chi connectivity index (χ4v) is 3.75. The largest absolute Gasteiger partial charge is 0.504 e. The SMILES string of the molecule is CCOc1cc(/C=N/NC(=O)c2ccc3c(c2)CN(c2ccc(Br)cc2)C3)ccc1O. The van der Waals surface area contributed by atoms with Gasteiger partial charge < -0.3 is 14.7 Å². The van der Waals surface area contributed by atoms with Gasteiger partial charge in [-0.2, -0.15) is 5.10 Å². The molecule has 0 saturated heterocycles. The molecule has 0 saturated carbocycles. The van der Waals surface area contributed by atoms with E-state index in [0.29, 0.717) is 23.5 Å². The van der Waals surface area contributed by atoms with E-state index >= 15 is 0 Å². The molecule has 158 valence electrons. The van der Waals surface area contributed by atoms with E-state index in [1.54, 1.807) is 12.1 Å². The van der Waals surface area contributed by atoms with Crippen LogP contribution in [0.25, 0.3) is 0 Å². The highest BCUT2D eigenvalue weighted by atomic mass is 79.9. The number of anilines is 1. The van der Waals surface area contributed by atoms with Crippen molar-refractivity contribution in [3.05, 3.63) is 87.4 Å². The van der Waals surface area contributed by atoms with Crippen LogP contribution < -0.4 is 15.1 Å². The zero-order chi connectivity index (χ0) is 21.8. The second-order valence-corrected chi connectivity index (χ2v) is 8.09. The van der Waals surface area contributed by atoms with Gasteiger partial charge in [0.1, 0.15) is 0 Å². The maximum absolute atomic E-state index is 12.5. The summed E-state index contributed by atoms with van der Waals surface area (Å²) < 4.78 is 6.41. The van der Waals surface area contributed by atoms with Gasteiger partial charge in [-0.05, 0) is 78.2 Å². The lowest BCUT2D eigenvalue weighted by Gasteiger charge is -2.17. The maximum Gasteiger partial charge on any atom is 0.271 e. The number of rotatable bonds is 6. The molecule has 0 radical (unpaired) electrons. The van der Waals surface area contributed by atoms with Crippen molar-refractivity contribution in [1.82, 2.24) is 5.43 Å². The van der Waals surface area contributed by atoms with Crippen LogP contribution in [-0.4, -0.2) is 23.8 Å². The molecule has 7 heteroatoms. The number of nitrogens with zero attached hydrogens (tertiary/aromatic N) is 2. The summed E-state index contributed by atoms with van der Waals surface area (Å²) in [5.41, 5.74) is 7.34. The summed E-state index contributed by atoms with van der Waals surface area (Å²) in [4.78, 5) is 14.8. The van der Waals surface area contributed by atoms with E-state index in [0.717, 1.165) is 28.8 Å². The molecular formula is C24H22BrN3O3. The minimum Gasteiger partial charge on any atom is -0.504 e. The lowest BCUT2D eigenvalue weighted by Crippen LogP contribution is -2.18. The van der Waals surface area contributed by atoms with Gasteiger partial charge in [-0.15, -0.1) is 0 Å². The van der Waals surface area contributed by atoms with Crippen LogP contribution in [0, 0.1) is 0 Å². The van der Waals surface area contributed by atoms with Crippen LogP contribution in [0.15, 0.2) is 70.2 Å². The van der Waals surface area contributed by atoms with Crippen molar-refractivity contribution in [2.75, 3.05) is 11.5 Å². The number of benzene rings is 3. The first-order chi connectivity index (χ1) is 15.0. The molecule has 0 spiro atoms. The molecule has 0 unspecified atom stereocenters. The molecule has 1 aliphatic rings. The van der Waals surface area contributed by atoms with Crippen LogP contribution in [0.1, 0.15) is 34.0 Å². The summed E-state index contributed by atoms with van der Waals surface area (Å²) in [5.74, 6) is 0.176. The van der Waals surface area contributed by atoms with Crippen molar-refractivity contribution in [3.8, 4) is 11.5 Å². The number of aromatic hydroxyl groups is 1. The van der Waals surface area contributed by atoms with E-state index < -0.39 is 0 Å². The minimum atomic E-state index is -0.273. The lowest BCUT2D eigenvalue weighted by atomic mass is 10.1. The van der Waals surface area contributed by atoms with Crippen LogP contribution in [0.4, 0.5) is 5.69 Å². The zero-order valence-electron chi connectivity index (χ0n) is 17.0. The number of fused-ring (bicyclic) bond motifs is 1. The number of hydrogen-bond acceptors (Lipinski definition) is 5. The molecule has 0 atom stereocenters. The van der Waals surface area contributed by atoms with Crippen LogP contribution in [0.3, 0.4) is 0 Å². The lowest BCUT2D eigenvalue weighted by molar-refractivity contribution is 0.0955. The smallest absolute Gasteiger partial charge is 0.271 e. The van der Waals surface area contributed by atoms with Gasteiger partial charge in [0.15, 0.2) is 11.5 Å². The van der Waals surface area contributed by atoms with Gasteiger partial charge in [-0.3, -0.25) is 4.79 Å². The first-order valence-electron chi connectivity index (χ1n) is 9.95. The summed E-state index contributed by atoms with van der Waals surface area (Å²) in [5, 5.41) is 13.8. The molecule has 3 aromatic carbocycles. The number of nitrogens with one attached hydrogen (secondary N) is 1. The number of hydrazone groups is 1. The van der Waals surface area contributed by atoms with E-state index in [9.17, 15) is 9.90 Å². The predicted octanol–water partition coefficient (Wildman–Crippen LogP) is 4.84. The van der Waals surface area contributed by atoms with Crippen molar-refractivity contribution in [1.29, 1.82) is 0 Å². The zero-order valence-corrected chi connectivity index (χ0v) is 18.6. The Hall–Kier alpha value is -3.32. The Kier molecular flexibility index (Phi) is 6.23. The molecule has 6 nitrogen and oxygen atoms in total. The van der Waals surface area contributed by atoms with E-state index in [1.165, 1.54) is 17.8 Å². The maximum atomic E-state index is 12.5. The Bertz CT molecular complexity index is 1130. The van der Waals surface area contributed by atoms with E-state index in [2.05, 4.69) is 43.5 Å². The summed E-state index contributed by atoms with van der Waals surface area (Å²) >= 11 is 3.47. The Morgan fingerprint density at radius 2 is 1.90 bits per heavy atom. The third-order valence-corrected chi connectivity index (χ3v) is 5.57. The molecule has 0 aromatic heterocycles. The molecular weight excluding hydrogens is 458 g/mol. The molecule has 2 N–H and O–H groups in total. The molecule has 4 rings (SSSR count). The standard InChI is InChI=1S/C24H22BrN3O3/c1-2-31-23-11-16(3-10-22(23)29)13-26-27-24(30)17-4-5-18-14-28(15-19(18)12-17)21-8-6-20(25)7-9-21/h3-13,29H,2,14-15H2,1H3,(H,27,30)/b26-13+. The van der Waals surface area contributed by atoms with Crippen molar-refractivity contribution < 1.29 is 14.6 Å². The Morgan fingerprint density at radius 3 is 2.68 bits per heavy atom. The molecule has 1 aliphatic heterocycles. The highest BCUT2D eigenvalue weighted by Crippen LogP contribution is 2.30. The normalized spacial score (nSPS) is 12.8. The van der Waals surface area contributed by atoms with Gasteiger partial charge in [0, 0.05) is 28.8 Å². The number of halogens is 1. The first-order valence-corrected chi connectivity index (χ1v) is 10.7. The Morgan fingerprint density at radius 1 is 1.13 bits per heavy atom. The number of phenolic OH excluding ortho intramolecular Hbond substituents is 1. The average Bonchev–Trinajstić information content (AvgIpc) is 3.20. The predicted molar refractivity (Wildman–Crippen MR) is 125 cm³/mol. The molecule has 0 aliphatic carbocycles. The number of carbonyl (C=O) groups excluding carboxylic acids is 1. The summed E-state index contributed by atoms with van der Waals surface area (Å²) in [6.45, 7) is 3.87. The van der Waals surface area contributed by atoms with Gasteiger partial charge in [0.05, 0.1) is 12.8 Å². The second-order valence-electron chi connectivity index (χ2n) is 7.18. The number of hydrogen-bond donors (Lipinski definition) is 2. The topological polar surface area (TPSA) is 74.2 Å². The van der Waals surface area contributed by atoms with Gasteiger partial charge >= 0.3 is 0 Å². The van der Waals surface area contributed by atoms with Crippen LogP contribution in [0.5, 0.6) is 11.5 Å². The Balaban J connectivity index is 1.41. The second kappa shape index (κ2) is 9.22. The molecule has 1 amide bonds. The van der Waals surface area contributed by atoms with E-state index in [1.807, 2.05) is 37.3 Å². The number of amides is 1. The Labute approximate surface area is 189 Å². The first kappa shape index (κ1) is 20.9. The quantitative estimate of drug-likeness (QED) is 0.391. The van der Waals surface area contributed by atoms with Gasteiger partial charge in [-0.1, -0.05) is 22.0 Å². The van der Waals surface area contributed by atoms with E-state index in [4.69, 9.17) is 4.74 Å².